The Morgan fingerprint density at radius 2 is 0.824 bits per heavy atom. The van der Waals surface area contributed by atoms with Crippen LogP contribution in [0.1, 0.15) is 45.1 Å². The van der Waals surface area contributed by atoms with Crippen molar-refractivity contribution >= 4 is 7.82 Å². The quantitative estimate of drug-likeness (QED) is 0.0376. The van der Waals surface area contributed by atoms with Gasteiger partial charge in [-0.25, -0.2) is 0 Å². The normalized spacial score (nSPS) is 11.5. The van der Waals surface area contributed by atoms with Crippen LogP contribution in [0.4, 0.5) is 0 Å². The first-order chi connectivity index (χ1) is 23.9. The van der Waals surface area contributed by atoms with Crippen molar-refractivity contribution in [1.29, 1.82) is 0 Å². The molecular weight excluding hydrogens is 709 g/mol. The molecule has 1 aromatic carbocycles. The maximum atomic E-state index is 10.3. The Hall–Kier alpha value is 0.770. The average Bonchev–Trinajstić information content (AvgIpc) is 3.07. The van der Waals surface area contributed by atoms with Gasteiger partial charge in [0.15, 0.2) is 0 Å². The van der Waals surface area contributed by atoms with Crippen molar-refractivity contribution in [1.82, 2.24) is 0 Å². The first-order valence-corrected chi connectivity index (χ1v) is 18.9. The molecular formula is C34H61Na2O14P. The van der Waals surface area contributed by atoms with Gasteiger partial charge in [-0.1, -0.05) is 45.2 Å². The SMILES string of the molecule is CC(C)CCCCCc1ccc(OCCOCCOCCOCCOCCOCCOCCOCCOCCOCCOP(=O)([O-])[O-])cc1.[Na+].[Na+]. The summed E-state index contributed by atoms with van der Waals surface area (Å²) in [5.74, 6) is 1.67. The van der Waals surface area contributed by atoms with E-state index in [0.717, 1.165) is 18.1 Å². The van der Waals surface area contributed by atoms with Crippen LogP contribution >= 0.6 is 7.82 Å². The predicted octanol–water partition coefficient (Wildman–Crippen LogP) is -3.17. The van der Waals surface area contributed by atoms with Crippen molar-refractivity contribution in [2.45, 2.75) is 46.0 Å². The summed E-state index contributed by atoms with van der Waals surface area (Å²) in [6, 6.07) is 8.38. The zero-order valence-electron chi connectivity index (χ0n) is 31.7. The van der Waals surface area contributed by atoms with Gasteiger partial charge in [-0.15, -0.1) is 0 Å². The van der Waals surface area contributed by atoms with Crippen LogP contribution in [-0.2, 0) is 58.1 Å². The third kappa shape index (κ3) is 41.8. The molecule has 17 heteroatoms. The van der Waals surface area contributed by atoms with Crippen LogP contribution < -0.4 is 73.6 Å². The number of benzene rings is 1. The van der Waals surface area contributed by atoms with Gasteiger partial charge in [-0.05, 0) is 36.5 Å². The molecule has 0 saturated carbocycles. The summed E-state index contributed by atoms with van der Waals surface area (Å²) in [7, 11) is -4.94. The molecule has 0 bridgehead atoms. The fourth-order valence-electron chi connectivity index (χ4n) is 4.10. The van der Waals surface area contributed by atoms with Crippen molar-refractivity contribution in [3.8, 4) is 5.75 Å². The molecule has 0 fully saturated rings. The summed E-state index contributed by atoms with van der Waals surface area (Å²) in [5.41, 5.74) is 1.36. The molecule has 0 spiro atoms. The maximum Gasteiger partial charge on any atom is 1.00 e. The third-order valence-electron chi connectivity index (χ3n) is 6.62. The number of phosphoric acid groups is 1. The molecule has 0 aromatic heterocycles. The van der Waals surface area contributed by atoms with E-state index in [1.54, 1.807) is 0 Å². The molecule has 0 heterocycles. The van der Waals surface area contributed by atoms with Crippen LogP contribution in [0.5, 0.6) is 5.75 Å². The van der Waals surface area contributed by atoms with Crippen LogP contribution in [0.3, 0.4) is 0 Å². The van der Waals surface area contributed by atoms with Gasteiger partial charge in [0.1, 0.15) is 12.4 Å². The van der Waals surface area contributed by atoms with Gasteiger partial charge >= 0.3 is 59.1 Å². The molecule has 0 N–H and O–H groups in total. The number of hydrogen-bond donors (Lipinski definition) is 0. The molecule has 14 nitrogen and oxygen atoms in total. The zero-order chi connectivity index (χ0) is 35.5. The maximum absolute atomic E-state index is 10.3. The molecule has 0 unspecified atom stereocenters. The molecule has 0 saturated heterocycles. The Morgan fingerprint density at radius 3 is 1.16 bits per heavy atom. The van der Waals surface area contributed by atoms with Crippen molar-refractivity contribution in [2.75, 3.05) is 132 Å². The second kappa shape index (κ2) is 40.4. The van der Waals surface area contributed by atoms with Gasteiger partial charge in [0.25, 0.3) is 0 Å². The molecule has 0 amide bonds. The number of ether oxygens (including phenoxy) is 10. The van der Waals surface area contributed by atoms with Gasteiger partial charge in [-0.3, -0.25) is 0 Å². The van der Waals surface area contributed by atoms with Crippen LogP contribution in [0, 0.1) is 5.92 Å². The first kappa shape index (κ1) is 53.9. The molecule has 288 valence electrons. The summed E-state index contributed by atoms with van der Waals surface area (Å²) in [4.78, 5) is 20.5. The molecule has 0 aliphatic rings. The van der Waals surface area contributed by atoms with Crippen LogP contribution in [0.2, 0.25) is 0 Å². The summed E-state index contributed by atoms with van der Waals surface area (Å²) < 4.78 is 68.7. The standard InChI is InChI=1S/C34H63O14P.2Na/c1-32(2)6-4-3-5-7-33-8-10-34(11-9-33)47-30-28-45-26-24-43-22-20-41-18-16-39-14-12-38-13-15-40-17-19-42-21-23-44-25-27-46-29-31-48-49(35,36)37;;/h8-11,32H,3-7,12-31H2,1-2H3,(H2,35,36,37);;/q;2*+1/p-2. The molecule has 1 rings (SSSR count). The summed E-state index contributed by atoms with van der Waals surface area (Å²) in [6.45, 7) is 12.4. The van der Waals surface area contributed by atoms with Crippen LogP contribution in [0.15, 0.2) is 24.3 Å². The second-order valence-electron chi connectivity index (χ2n) is 11.3. The minimum absolute atomic E-state index is 0. The summed E-state index contributed by atoms with van der Waals surface area (Å²) in [5, 5.41) is 0. The van der Waals surface area contributed by atoms with E-state index in [0.29, 0.717) is 112 Å². The topological polar surface area (TPSA) is 165 Å². The number of unbranched alkanes of at least 4 members (excludes halogenated alkanes) is 2. The fraction of sp³-hybridized carbons (Fsp3) is 0.824. The summed E-state index contributed by atoms with van der Waals surface area (Å²) in [6.07, 6.45) is 6.30. The number of aryl methyl sites for hydroxylation is 1. The molecule has 0 atom stereocenters. The Labute approximate surface area is 350 Å². The van der Waals surface area contributed by atoms with Crippen LogP contribution in [0.25, 0.3) is 0 Å². The largest absolute Gasteiger partial charge is 1.00 e. The molecule has 1 aromatic rings. The molecule has 0 aliphatic carbocycles. The van der Waals surface area contributed by atoms with Crippen LogP contribution in [-0.4, -0.2) is 132 Å². The van der Waals surface area contributed by atoms with Crippen molar-refractivity contribution in [2.24, 2.45) is 5.92 Å². The summed E-state index contributed by atoms with van der Waals surface area (Å²) >= 11 is 0. The average molecular weight is 771 g/mol. The van der Waals surface area contributed by atoms with Gasteiger partial charge in [0, 0.05) is 0 Å². The third-order valence-corrected chi connectivity index (χ3v) is 7.12. The smallest absolute Gasteiger partial charge is 0.790 e. The van der Waals surface area contributed by atoms with E-state index in [1.807, 2.05) is 12.1 Å². The van der Waals surface area contributed by atoms with Crippen molar-refractivity contribution in [3.63, 3.8) is 0 Å². The fourth-order valence-corrected chi connectivity index (χ4v) is 4.40. The van der Waals surface area contributed by atoms with E-state index in [-0.39, 0.29) is 78.9 Å². The predicted molar refractivity (Wildman–Crippen MR) is 180 cm³/mol. The number of phosphoric ester groups is 1. The molecule has 0 radical (unpaired) electrons. The molecule has 51 heavy (non-hydrogen) atoms. The van der Waals surface area contributed by atoms with E-state index in [4.69, 9.17) is 47.4 Å². The van der Waals surface area contributed by atoms with Crippen molar-refractivity contribution < 1.29 is 125 Å². The van der Waals surface area contributed by atoms with Gasteiger partial charge in [-0.2, -0.15) is 0 Å². The van der Waals surface area contributed by atoms with E-state index >= 15 is 0 Å². The number of hydrogen-bond acceptors (Lipinski definition) is 14. The number of rotatable bonds is 38. The zero-order valence-corrected chi connectivity index (χ0v) is 36.6. The minimum Gasteiger partial charge on any atom is -0.790 e. The Bertz CT molecular complexity index is 883. The second-order valence-corrected chi connectivity index (χ2v) is 12.4. The first-order valence-electron chi connectivity index (χ1n) is 17.4. The van der Waals surface area contributed by atoms with E-state index in [1.165, 1.54) is 31.2 Å². The van der Waals surface area contributed by atoms with E-state index in [9.17, 15) is 14.4 Å². The Morgan fingerprint density at radius 1 is 0.490 bits per heavy atom. The monoisotopic (exact) mass is 770 g/mol. The van der Waals surface area contributed by atoms with Gasteiger partial charge in [0.05, 0.1) is 133 Å². The Balaban J connectivity index is 0. The van der Waals surface area contributed by atoms with E-state index < -0.39 is 7.82 Å². The van der Waals surface area contributed by atoms with E-state index in [2.05, 4.69) is 30.5 Å². The Kier molecular flexibility index (Phi) is 42.7. The van der Waals surface area contributed by atoms with Crippen molar-refractivity contribution in [3.05, 3.63) is 29.8 Å². The minimum atomic E-state index is -4.94. The van der Waals surface area contributed by atoms with Gasteiger partial charge < -0.3 is 66.2 Å². The van der Waals surface area contributed by atoms with Gasteiger partial charge in [0.2, 0.25) is 0 Å². The molecule has 0 aliphatic heterocycles.